The molecule has 4 nitrogen and oxygen atoms in total. The van der Waals surface area contributed by atoms with Gasteiger partial charge in [0.15, 0.2) is 0 Å². The average molecular weight is 273 g/mol. The molecule has 0 aromatic carbocycles. The second kappa shape index (κ2) is 5.21. The molecule has 2 unspecified atom stereocenters. The van der Waals surface area contributed by atoms with E-state index in [-0.39, 0.29) is 21.4 Å². The van der Waals surface area contributed by atoms with Crippen LogP contribution in [0.5, 0.6) is 0 Å². The van der Waals surface area contributed by atoms with E-state index in [0.29, 0.717) is 0 Å². The Morgan fingerprint density at radius 3 is 2.80 bits per heavy atom. The molecule has 0 aliphatic rings. The molecule has 82 valence electrons. The summed E-state index contributed by atoms with van der Waals surface area (Å²) in [4.78, 5) is 14.4. The first-order chi connectivity index (χ1) is 7.07. The Morgan fingerprint density at radius 1 is 1.67 bits per heavy atom. The van der Waals surface area contributed by atoms with Crippen molar-refractivity contribution in [3.8, 4) is 0 Å². The molecule has 15 heavy (non-hydrogen) atoms. The summed E-state index contributed by atoms with van der Waals surface area (Å²) in [5, 5.41) is 10.8. The number of aromatic nitrogens is 1. The van der Waals surface area contributed by atoms with Crippen molar-refractivity contribution >= 4 is 21.6 Å². The van der Waals surface area contributed by atoms with Crippen molar-refractivity contribution in [3.63, 3.8) is 0 Å². The molecule has 1 aromatic heterocycles. The lowest BCUT2D eigenvalue weighted by Gasteiger charge is -2.17. The SMILES string of the molecule is CCC(c1ccncc1[N+](=O)[O-])C(C)Br. The van der Waals surface area contributed by atoms with E-state index in [1.54, 1.807) is 12.3 Å². The summed E-state index contributed by atoms with van der Waals surface area (Å²) in [5.41, 5.74) is 0.859. The van der Waals surface area contributed by atoms with Crippen LogP contribution in [0.4, 0.5) is 5.69 Å². The second-order valence-corrected chi connectivity index (χ2v) is 4.83. The van der Waals surface area contributed by atoms with Gasteiger partial charge in [-0.3, -0.25) is 15.1 Å². The van der Waals surface area contributed by atoms with Crippen LogP contribution in [0.1, 0.15) is 31.7 Å². The van der Waals surface area contributed by atoms with Gasteiger partial charge in [-0.25, -0.2) is 0 Å². The molecule has 1 aromatic rings. The first-order valence-corrected chi connectivity index (χ1v) is 5.71. The van der Waals surface area contributed by atoms with Crippen LogP contribution in [0.2, 0.25) is 0 Å². The predicted molar refractivity (Wildman–Crippen MR) is 62.3 cm³/mol. The van der Waals surface area contributed by atoms with E-state index in [1.807, 2.05) is 13.8 Å². The van der Waals surface area contributed by atoms with Gasteiger partial charge in [0.25, 0.3) is 5.69 Å². The van der Waals surface area contributed by atoms with Crippen molar-refractivity contribution in [2.75, 3.05) is 0 Å². The summed E-state index contributed by atoms with van der Waals surface area (Å²) in [6, 6.07) is 1.73. The van der Waals surface area contributed by atoms with Crippen LogP contribution < -0.4 is 0 Å². The van der Waals surface area contributed by atoms with Crippen molar-refractivity contribution in [1.82, 2.24) is 4.98 Å². The third-order valence-corrected chi connectivity index (χ3v) is 3.06. The highest BCUT2D eigenvalue weighted by Gasteiger charge is 2.23. The maximum atomic E-state index is 10.8. The molecule has 0 N–H and O–H groups in total. The van der Waals surface area contributed by atoms with Gasteiger partial charge in [0.1, 0.15) is 6.20 Å². The van der Waals surface area contributed by atoms with E-state index in [4.69, 9.17) is 0 Å². The first kappa shape index (κ1) is 12.1. The van der Waals surface area contributed by atoms with Gasteiger partial charge < -0.3 is 0 Å². The van der Waals surface area contributed by atoms with Gasteiger partial charge in [0.05, 0.1) is 4.92 Å². The molecule has 0 bridgehead atoms. The summed E-state index contributed by atoms with van der Waals surface area (Å²) in [5.74, 6) is 0.147. The maximum absolute atomic E-state index is 10.8. The van der Waals surface area contributed by atoms with Crippen LogP contribution in [0.15, 0.2) is 18.5 Å². The summed E-state index contributed by atoms with van der Waals surface area (Å²) in [6.07, 6.45) is 3.77. The van der Waals surface area contributed by atoms with E-state index < -0.39 is 0 Å². The quantitative estimate of drug-likeness (QED) is 0.480. The molecular weight excluding hydrogens is 260 g/mol. The third-order valence-electron chi connectivity index (χ3n) is 2.42. The highest BCUT2D eigenvalue weighted by atomic mass is 79.9. The fraction of sp³-hybridized carbons (Fsp3) is 0.500. The monoisotopic (exact) mass is 272 g/mol. The predicted octanol–water partition coefficient (Wildman–Crippen LogP) is 3.27. The number of hydrogen-bond acceptors (Lipinski definition) is 3. The topological polar surface area (TPSA) is 56.0 Å². The van der Waals surface area contributed by atoms with Gasteiger partial charge in [0.2, 0.25) is 0 Å². The molecule has 0 saturated carbocycles. The normalized spacial score (nSPS) is 14.6. The molecule has 1 rings (SSSR count). The van der Waals surface area contributed by atoms with Crippen molar-refractivity contribution in [1.29, 1.82) is 0 Å². The highest BCUT2D eigenvalue weighted by Crippen LogP contribution is 2.33. The Morgan fingerprint density at radius 2 is 2.33 bits per heavy atom. The number of halogens is 1. The molecule has 0 saturated heterocycles. The minimum atomic E-state index is -0.375. The van der Waals surface area contributed by atoms with Crippen LogP contribution >= 0.6 is 15.9 Å². The van der Waals surface area contributed by atoms with Crippen LogP contribution in [-0.2, 0) is 0 Å². The molecule has 0 spiro atoms. The molecule has 0 aliphatic carbocycles. The van der Waals surface area contributed by atoms with Crippen LogP contribution in [0.25, 0.3) is 0 Å². The lowest BCUT2D eigenvalue weighted by Crippen LogP contribution is -2.10. The van der Waals surface area contributed by atoms with Crippen molar-refractivity contribution in [2.45, 2.75) is 31.0 Å². The average Bonchev–Trinajstić information content (AvgIpc) is 2.18. The zero-order valence-electron chi connectivity index (χ0n) is 8.68. The lowest BCUT2D eigenvalue weighted by molar-refractivity contribution is -0.386. The van der Waals surface area contributed by atoms with Gasteiger partial charge in [-0.05, 0) is 12.5 Å². The number of nitrogens with zero attached hydrogens (tertiary/aromatic N) is 2. The fourth-order valence-electron chi connectivity index (χ4n) is 1.66. The van der Waals surface area contributed by atoms with E-state index in [2.05, 4.69) is 20.9 Å². The summed E-state index contributed by atoms with van der Waals surface area (Å²) in [7, 11) is 0. The molecule has 0 amide bonds. The number of alkyl halides is 1. The standard InChI is InChI=1S/C10H13BrN2O2/c1-3-8(7(2)11)9-4-5-12-6-10(9)13(14)15/h4-8H,3H2,1-2H3. The van der Waals surface area contributed by atoms with E-state index in [1.165, 1.54) is 6.20 Å². The van der Waals surface area contributed by atoms with E-state index >= 15 is 0 Å². The zero-order valence-corrected chi connectivity index (χ0v) is 10.3. The fourth-order valence-corrected chi connectivity index (χ4v) is 2.31. The Labute approximate surface area is 97.0 Å². The molecule has 2 atom stereocenters. The summed E-state index contributed by atoms with van der Waals surface area (Å²) < 4.78 is 0. The molecule has 0 radical (unpaired) electrons. The molecular formula is C10H13BrN2O2. The molecule has 0 fully saturated rings. The Hall–Kier alpha value is -0.970. The number of rotatable bonds is 4. The van der Waals surface area contributed by atoms with Gasteiger partial charge in [-0.15, -0.1) is 0 Å². The van der Waals surface area contributed by atoms with Crippen LogP contribution in [0, 0.1) is 10.1 Å². The minimum Gasteiger partial charge on any atom is -0.258 e. The first-order valence-electron chi connectivity index (χ1n) is 4.80. The maximum Gasteiger partial charge on any atom is 0.291 e. The van der Waals surface area contributed by atoms with Crippen molar-refractivity contribution in [3.05, 3.63) is 34.1 Å². The smallest absolute Gasteiger partial charge is 0.258 e. The van der Waals surface area contributed by atoms with Crippen molar-refractivity contribution in [2.24, 2.45) is 0 Å². The Kier molecular flexibility index (Phi) is 4.20. The van der Waals surface area contributed by atoms with Gasteiger partial charge >= 0.3 is 0 Å². The van der Waals surface area contributed by atoms with E-state index in [9.17, 15) is 10.1 Å². The third kappa shape index (κ3) is 2.75. The van der Waals surface area contributed by atoms with Gasteiger partial charge in [-0.2, -0.15) is 0 Å². The Balaban J connectivity index is 3.16. The second-order valence-electron chi connectivity index (χ2n) is 3.38. The van der Waals surface area contributed by atoms with E-state index in [0.717, 1.165) is 12.0 Å². The largest absolute Gasteiger partial charge is 0.291 e. The molecule has 5 heteroatoms. The lowest BCUT2D eigenvalue weighted by atomic mass is 9.93. The van der Waals surface area contributed by atoms with Crippen LogP contribution in [0.3, 0.4) is 0 Å². The van der Waals surface area contributed by atoms with Gasteiger partial charge in [-0.1, -0.05) is 29.8 Å². The number of pyridine rings is 1. The number of nitro groups is 1. The van der Waals surface area contributed by atoms with Crippen LogP contribution in [-0.4, -0.2) is 14.7 Å². The molecule has 1 heterocycles. The zero-order chi connectivity index (χ0) is 11.4. The molecule has 0 aliphatic heterocycles. The minimum absolute atomic E-state index is 0.107. The summed E-state index contributed by atoms with van der Waals surface area (Å²) in [6.45, 7) is 4.02. The highest BCUT2D eigenvalue weighted by molar-refractivity contribution is 9.09. The Bertz CT molecular complexity index is 355. The summed E-state index contributed by atoms with van der Waals surface area (Å²) >= 11 is 3.48. The van der Waals surface area contributed by atoms with Gasteiger partial charge in [0, 0.05) is 22.5 Å². The number of hydrogen-bond donors (Lipinski definition) is 0. The van der Waals surface area contributed by atoms with Crippen molar-refractivity contribution < 1.29 is 4.92 Å².